The van der Waals surface area contributed by atoms with Crippen LogP contribution >= 0.6 is 0 Å². The van der Waals surface area contributed by atoms with Crippen molar-refractivity contribution in [2.24, 2.45) is 0 Å². The lowest BCUT2D eigenvalue weighted by atomic mass is 10.1. The molecule has 130 valence electrons. The number of rotatable bonds is 7. The van der Waals surface area contributed by atoms with Crippen molar-refractivity contribution in [1.82, 2.24) is 20.3 Å². The third-order valence-electron chi connectivity index (χ3n) is 3.84. The molecule has 0 aliphatic heterocycles. The Bertz CT molecular complexity index is 826. The van der Waals surface area contributed by atoms with Gasteiger partial charge in [0.05, 0.1) is 19.7 Å². The van der Waals surface area contributed by atoms with Gasteiger partial charge in [-0.1, -0.05) is 17.3 Å². The van der Waals surface area contributed by atoms with Crippen molar-refractivity contribution in [1.29, 1.82) is 0 Å². The fourth-order valence-corrected chi connectivity index (χ4v) is 2.47. The van der Waals surface area contributed by atoms with Crippen molar-refractivity contribution in [3.8, 4) is 17.1 Å². The van der Waals surface area contributed by atoms with Gasteiger partial charge in [0.2, 0.25) is 5.91 Å². The average molecular weight is 340 g/mol. The van der Waals surface area contributed by atoms with E-state index < -0.39 is 0 Å². The van der Waals surface area contributed by atoms with Crippen LogP contribution < -0.4 is 10.1 Å². The number of hydrogen-bond donors (Lipinski definition) is 1. The highest BCUT2D eigenvalue weighted by Crippen LogP contribution is 2.24. The number of ether oxygens (including phenoxy) is 1. The number of benzene rings is 1. The number of nitrogens with zero attached hydrogens (tertiary/aromatic N) is 3. The minimum Gasteiger partial charge on any atom is -0.497 e. The fraction of sp³-hybridized carbons (Fsp3) is 0.278. The van der Waals surface area contributed by atoms with E-state index in [2.05, 4.69) is 15.6 Å². The van der Waals surface area contributed by atoms with Crippen LogP contribution in [0.1, 0.15) is 25.1 Å². The van der Waals surface area contributed by atoms with E-state index in [1.807, 2.05) is 49.5 Å². The molecule has 2 aromatic heterocycles. The molecule has 0 saturated heterocycles. The SMILES string of the molecule is COc1cccc(-c2cc(CNC(=O)C[C@@H](C)n3cccn3)no2)c1. The molecule has 1 N–H and O–H groups in total. The molecule has 0 bridgehead atoms. The summed E-state index contributed by atoms with van der Waals surface area (Å²) in [6.45, 7) is 2.27. The third kappa shape index (κ3) is 4.26. The molecule has 1 atom stereocenters. The molecule has 0 unspecified atom stereocenters. The summed E-state index contributed by atoms with van der Waals surface area (Å²) in [5, 5.41) is 11.0. The Labute approximate surface area is 145 Å². The molecule has 25 heavy (non-hydrogen) atoms. The number of methoxy groups -OCH3 is 1. The second kappa shape index (κ2) is 7.65. The van der Waals surface area contributed by atoms with Gasteiger partial charge in [0.15, 0.2) is 5.76 Å². The zero-order valence-corrected chi connectivity index (χ0v) is 14.2. The minimum atomic E-state index is -0.0612. The summed E-state index contributed by atoms with van der Waals surface area (Å²) in [7, 11) is 1.62. The summed E-state index contributed by atoms with van der Waals surface area (Å²) < 4.78 is 12.3. The highest BCUT2D eigenvalue weighted by Gasteiger charge is 2.12. The van der Waals surface area contributed by atoms with Gasteiger partial charge in [-0.25, -0.2) is 0 Å². The zero-order valence-electron chi connectivity index (χ0n) is 14.2. The predicted octanol–water partition coefficient (Wildman–Crippen LogP) is 2.81. The molecule has 0 radical (unpaired) electrons. The van der Waals surface area contributed by atoms with E-state index in [-0.39, 0.29) is 11.9 Å². The standard InChI is InChI=1S/C18H20N4O3/c1-13(22-8-4-7-20-22)9-18(23)19-12-15-11-17(25-21-15)14-5-3-6-16(10-14)24-2/h3-8,10-11,13H,9,12H2,1-2H3,(H,19,23)/t13-/m1/s1. The Morgan fingerprint density at radius 2 is 2.24 bits per heavy atom. The molecule has 1 amide bonds. The first-order valence-corrected chi connectivity index (χ1v) is 8.01. The molecule has 7 heteroatoms. The second-order valence-electron chi connectivity index (χ2n) is 5.73. The van der Waals surface area contributed by atoms with Crippen molar-refractivity contribution < 1.29 is 14.1 Å². The van der Waals surface area contributed by atoms with Crippen LogP contribution in [0.3, 0.4) is 0 Å². The molecule has 2 heterocycles. The molecule has 7 nitrogen and oxygen atoms in total. The van der Waals surface area contributed by atoms with Crippen LogP contribution in [0.25, 0.3) is 11.3 Å². The molecule has 0 aliphatic rings. The number of carbonyl (C=O) groups is 1. The zero-order chi connectivity index (χ0) is 17.6. The Kier molecular flexibility index (Phi) is 5.13. The molecular weight excluding hydrogens is 320 g/mol. The first-order chi connectivity index (χ1) is 12.2. The Balaban J connectivity index is 1.55. The van der Waals surface area contributed by atoms with E-state index in [1.54, 1.807) is 18.0 Å². The van der Waals surface area contributed by atoms with Crippen LogP contribution in [0.2, 0.25) is 0 Å². The lowest BCUT2D eigenvalue weighted by Gasteiger charge is -2.11. The van der Waals surface area contributed by atoms with Crippen LogP contribution in [0, 0.1) is 0 Å². The largest absolute Gasteiger partial charge is 0.497 e. The van der Waals surface area contributed by atoms with Crippen molar-refractivity contribution in [2.75, 3.05) is 7.11 Å². The smallest absolute Gasteiger partial charge is 0.222 e. The van der Waals surface area contributed by atoms with Gasteiger partial charge in [0, 0.05) is 30.4 Å². The summed E-state index contributed by atoms with van der Waals surface area (Å²) in [4.78, 5) is 12.1. The summed E-state index contributed by atoms with van der Waals surface area (Å²) >= 11 is 0. The third-order valence-corrected chi connectivity index (χ3v) is 3.84. The lowest BCUT2D eigenvalue weighted by Crippen LogP contribution is -2.25. The number of carbonyl (C=O) groups excluding carboxylic acids is 1. The minimum absolute atomic E-state index is 0.000321. The van der Waals surface area contributed by atoms with Gasteiger partial charge in [-0.3, -0.25) is 9.48 Å². The monoisotopic (exact) mass is 340 g/mol. The first-order valence-electron chi connectivity index (χ1n) is 8.01. The maximum Gasteiger partial charge on any atom is 0.222 e. The maximum atomic E-state index is 12.1. The Morgan fingerprint density at radius 3 is 3.00 bits per heavy atom. The van der Waals surface area contributed by atoms with Crippen LogP contribution in [-0.2, 0) is 11.3 Å². The molecule has 3 rings (SSSR count). The molecule has 1 aromatic carbocycles. The molecule has 0 saturated carbocycles. The highest BCUT2D eigenvalue weighted by molar-refractivity contribution is 5.76. The highest BCUT2D eigenvalue weighted by atomic mass is 16.5. The molecule has 0 aliphatic carbocycles. The van der Waals surface area contributed by atoms with Crippen LogP contribution in [0.15, 0.2) is 53.3 Å². The van der Waals surface area contributed by atoms with E-state index in [0.29, 0.717) is 24.4 Å². The summed E-state index contributed by atoms with van der Waals surface area (Å²) in [6.07, 6.45) is 3.89. The number of amides is 1. The summed E-state index contributed by atoms with van der Waals surface area (Å²) in [5.41, 5.74) is 1.54. The molecule has 0 spiro atoms. The Morgan fingerprint density at radius 1 is 1.36 bits per heavy atom. The number of nitrogens with one attached hydrogen (secondary N) is 1. The topological polar surface area (TPSA) is 82.2 Å². The van der Waals surface area contributed by atoms with E-state index in [4.69, 9.17) is 9.26 Å². The van der Waals surface area contributed by atoms with Crippen LogP contribution in [0.4, 0.5) is 0 Å². The average Bonchev–Trinajstić information content (AvgIpc) is 3.32. The van der Waals surface area contributed by atoms with Gasteiger partial charge in [0.25, 0.3) is 0 Å². The second-order valence-corrected chi connectivity index (χ2v) is 5.73. The van der Waals surface area contributed by atoms with E-state index in [1.165, 1.54) is 0 Å². The van der Waals surface area contributed by atoms with Gasteiger partial charge >= 0.3 is 0 Å². The van der Waals surface area contributed by atoms with Crippen LogP contribution in [0.5, 0.6) is 5.75 Å². The van der Waals surface area contributed by atoms with E-state index in [9.17, 15) is 4.79 Å². The van der Waals surface area contributed by atoms with Crippen LogP contribution in [-0.4, -0.2) is 28.0 Å². The van der Waals surface area contributed by atoms with E-state index >= 15 is 0 Å². The fourth-order valence-electron chi connectivity index (χ4n) is 2.47. The van der Waals surface area contributed by atoms with Crippen molar-refractivity contribution in [3.63, 3.8) is 0 Å². The van der Waals surface area contributed by atoms with Gasteiger partial charge < -0.3 is 14.6 Å². The quantitative estimate of drug-likeness (QED) is 0.715. The van der Waals surface area contributed by atoms with Gasteiger partial charge in [-0.15, -0.1) is 0 Å². The first kappa shape index (κ1) is 16.8. The van der Waals surface area contributed by atoms with Crippen molar-refractivity contribution in [2.45, 2.75) is 25.9 Å². The predicted molar refractivity (Wildman–Crippen MR) is 91.9 cm³/mol. The van der Waals surface area contributed by atoms with Gasteiger partial charge in [0.1, 0.15) is 11.4 Å². The molecular formula is C18H20N4O3. The summed E-state index contributed by atoms with van der Waals surface area (Å²) in [5.74, 6) is 1.32. The number of aromatic nitrogens is 3. The van der Waals surface area contributed by atoms with Gasteiger partial charge in [-0.2, -0.15) is 5.10 Å². The maximum absolute atomic E-state index is 12.1. The van der Waals surface area contributed by atoms with Crippen molar-refractivity contribution in [3.05, 3.63) is 54.5 Å². The van der Waals surface area contributed by atoms with Gasteiger partial charge in [-0.05, 0) is 25.1 Å². The number of hydrogen-bond acceptors (Lipinski definition) is 5. The molecule has 3 aromatic rings. The summed E-state index contributed by atoms with van der Waals surface area (Å²) in [6, 6.07) is 11.2. The van der Waals surface area contributed by atoms with Crippen molar-refractivity contribution >= 4 is 5.91 Å². The Hall–Kier alpha value is -3.09. The molecule has 0 fully saturated rings. The van der Waals surface area contributed by atoms with E-state index in [0.717, 1.165) is 11.3 Å². The normalized spacial score (nSPS) is 11.9. The lowest BCUT2D eigenvalue weighted by molar-refractivity contribution is -0.122.